The molecule has 0 aromatic heterocycles. The monoisotopic (exact) mass is 304 g/mol. The Labute approximate surface area is 124 Å². The van der Waals surface area contributed by atoms with Crippen LogP contribution >= 0.6 is 0 Å². The van der Waals surface area contributed by atoms with Crippen LogP contribution in [-0.2, 0) is 14.8 Å². The molecule has 0 atom stereocenters. The molecule has 0 aliphatic rings. The lowest BCUT2D eigenvalue weighted by Gasteiger charge is -2.12. The van der Waals surface area contributed by atoms with Gasteiger partial charge in [-0.15, -0.1) is 0 Å². The second kappa shape index (κ2) is 5.97. The van der Waals surface area contributed by atoms with Crippen molar-refractivity contribution in [3.8, 4) is 0 Å². The van der Waals surface area contributed by atoms with Gasteiger partial charge in [0.2, 0.25) is 5.91 Å². The van der Waals surface area contributed by atoms with Crippen LogP contribution in [0.5, 0.6) is 0 Å². The number of rotatable bonds is 4. The second-order valence-corrected chi connectivity index (χ2v) is 6.28. The molecule has 0 aliphatic carbocycles. The number of carbonyl (C=O) groups excluding carboxylic acids is 1. The highest BCUT2D eigenvalue weighted by Crippen LogP contribution is 2.22. The lowest BCUT2D eigenvalue weighted by molar-refractivity contribution is -0.114. The van der Waals surface area contributed by atoms with E-state index in [1.165, 1.54) is 13.0 Å². The first kappa shape index (κ1) is 15.1. The summed E-state index contributed by atoms with van der Waals surface area (Å²) in [5, 5.41) is 2.58. The molecule has 0 radical (unpaired) electrons. The molecular weight excluding hydrogens is 288 g/mol. The Kier molecular flexibility index (Phi) is 4.28. The van der Waals surface area contributed by atoms with E-state index in [1.54, 1.807) is 49.4 Å². The summed E-state index contributed by atoms with van der Waals surface area (Å²) in [7, 11) is -3.70. The Morgan fingerprint density at radius 2 is 1.67 bits per heavy atom. The molecule has 21 heavy (non-hydrogen) atoms. The highest BCUT2D eigenvalue weighted by molar-refractivity contribution is 7.92. The molecule has 0 spiro atoms. The Balaban J connectivity index is 2.37. The molecule has 1 amide bonds. The Morgan fingerprint density at radius 3 is 2.29 bits per heavy atom. The highest BCUT2D eigenvalue weighted by Gasteiger charge is 2.17. The van der Waals surface area contributed by atoms with Crippen LogP contribution in [0.4, 0.5) is 11.4 Å². The number of carbonyl (C=O) groups is 1. The first-order valence-electron chi connectivity index (χ1n) is 6.34. The maximum Gasteiger partial charge on any atom is 0.262 e. The Hall–Kier alpha value is -2.34. The minimum atomic E-state index is -3.70. The SMILES string of the molecule is CC(=O)Nc1ccc(C)c(S(=O)(=O)Nc2ccccc2)c1. The third-order valence-electron chi connectivity index (χ3n) is 2.82. The molecule has 0 heterocycles. The van der Waals surface area contributed by atoms with Crippen molar-refractivity contribution in [2.75, 3.05) is 10.0 Å². The molecule has 2 aromatic rings. The Morgan fingerprint density at radius 1 is 1.00 bits per heavy atom. The lowest BCUT2D eigenvalue weighted by atomic mass is 10.2. The Bertz CT molecular complexity index is 756. The van der Waals surface area contributed by atoms with Gasteiger partial charge in [0.15, 0.2) is 0 Å². The topological polar surface area (TPSA) is 75.3 Å². The summed E-state index contributed by atoms with van der Waals surface area (Å²) in [6.45, 7) is 3.08. The summed E-state index contributed by atoms with van der Waals surface area (Å²) >= 11 is 0. The van der Waals surface area contributed by atoms with Gasteiger partial charge in [0, 0.05) is 18.3 Å². The second-order valence-electron chi connectivity index (χ2n) is 4.63. The predicted molar refractivity (Wildman–Crippen MR) is 82.7 cm³/mol. The van der Waals surface area contributed by atoms with Gasteiger partial charge in [-0.25, -0.2) is 8.42 Å². The number of hydrogen-bond donors (Lipinski definition) is 2. The van der Waals surface area contributed by atoms with Crippen molar-refractivity contribution < 1.29 is 13.2 Å². The van der Waals surface area contributed by atoms with Crippen LogP contribution in [0, 0.1) is 6.92 Å². The van der Waals surface area contributed by atoms with Crippen LogP contribution in [0.1, 0.15) is 12.5 Å². The summed E-state index contributed by atoms with van der Waals surface area (Å²) in [6, 6.07) is 13.4. The van der Waals surface area contributed by atoms with Gasteiger partial charge >= 0.3 is 0 Å². The first-order valence-corrected chi connectivity index (χ1v) is 7.83. The molecule has 2 N–H and O–H groups in total. The fraction of sp³-hybridized carbons (Fsp3) is 0.133. The largest absolute Gasteiger partial charge is 0.326 e. The van der Waals surface area contributed by atoms with Crippen LogP contribution < -0.4 is 10.0 Å². The van der Waals surface area contributed by atoms with Crippen molar-refractivity contribution in [2.24, 2.45) is 0 Å². The average Bonchev–Trinajstić information content (AvgIpc) is 2.41. The number of hydrogen-bond acceptors (Lipinski definition) is 3. The van der Waals surface area contributed by atoms with E-state index < -0.39 is 10.0 Å². The normalized spacial score (nSPS) is 11.0. The molecule has 0 saturated heterocycles. The minimum absolute atomic E-state index is 0.137. The van der Waals surface area contributed by atoms with E-state index in [1.807, 2.05) is 0 Å². The van der Waals surface area contributed by atoms with Crippen molar-refractivity contribution in [1.29, 1.82) is 0 Å². The van der Waals surface area contributed by atoms with E-state index in [2.05, 4.69) is 10.0 Å². The van der Waals surface area contributed by atoms with E-state index in [0.29, 0.717) is 16.9 Å². The van der Waals surface area contributed by atoms with Crippen LogP contribution in [0.2, 0.25) is 0 Å². The zero-order valence-corrected chi connectivity index (χ0v) is 12.6. The van der Waals surface area contributed by atoms with Gasteiger partial charge in [-0.1, -0.05) is 24.3 Å². The summed E-state index contributed by atoms with van der Waals surface area (Å²) in [5.41, 5.74) is 1.54. The molecule has 0 saturated carbocycles. The van der Waals surface area contributed by atoms with Crippen LogP contribution in [0.25, 0.3) is 0 Å². The number of amides is 1. The minimum Gasteiger partial charge on any atom is -0.326 e. The highest BCUT2D eigenvalue weighted by atomic mass is 32.2. The van der Waals surface area contributed by atoms with E-state index in [4.69, 9.17) is 0 Å². The number of para-hydroxylation sites is 1. The summed E-state index contributed by atoms with van der Waals surface area (Å²) in [6.07, 6.45) is 0. The molecule has 2 rings (SSSR count). The van der Waals surface area contributed by atoms with Gasteiger partial charge in [0.1, 0.15) is 0 Å². The molecule has 0 aliphatic heterocycles. The number of aryl methyl sites for hydroxylation is 1. The van der Waals surface area contributed by atoms with Crippen LogP contribution in [-0.4, -0.2) is 14.3 Å². The number of nitrogens with one attached hydrogen (secondary N) is 2. The smallest absolute Gasteiger partial charge is 0.262 e. The van der Waals surface area contributed by atoms with Crippen LogP contribution in [0.15, 0.2) is 53.4 Å². The fourth-order valence-corrected chi connectivity index (χ4v) is 3.22. The molecule has 0 bridgehead atoms. The molecular formula is C15H16N2O3S. The van der Waals surface area contributed by atoms with Crippen molar-refractivity contribution >= 4 is 27.3 Å². The zero-order valence-electron chi connectivity index (χ0n) is 11.8. The molecule has 0 unspecified atom stereocenters. The third-order valence-corrected chi connectivity index (χ3v) is 4.35. The van der Waals surface area contributed by atoms with Gasteiger partial charge in [0.05, 0.1) is 4.90 Å². The van der Waals surface area contributed by atoms with Crippen molar-refractivity contribution in [3.63, 3.8) is 0 Å². The number of benzene rings is 2. The van der Waals surface area contributed by atoms with Crippen molar-refractivity contribution in [1.82, 2.24) is 0 Å². The van der Waals surface area contributed by atoms with E-state index >= 15 is 0 Å². The summed E-state index contributed by atoms with van der Waals surface area (Å²) < 4.78 is 27.4. The van der Waals surface area contributed by atoms with Crippen molar-refractivity contribution in [2.45, 2.75) is 18.7 Å². The molecule has 0 fully saturated rings. The zero-order chi connectivity index (χ0) is 15.5. The molecule has 5 nitrogen and oxygen atoms in total. The van der Waals surface area contributed by atoms with Gasteiger partial charge < -0.3 is 5.32 Å². The van der Waals surface area contributed by atoms with E-state index in [-0.39, 0.29) is 10.8 Å². The standard InChI is InChI=1S/C15H16N2O3S/c1-11-8-9-14(16-12(2)18)10-15(11)21(19,20)17-13-6-4-3-5-7-13/h3-10,17H,1-2H3,(H,16,18). The van der Waals surface area contributed by atoms with Gasteiger partial charge in [-0.05, 0) is 36.8 Å². The lowest BCUT2D eigenvalue weighted by Crippen LogP contribution is -2.15. The average molecular weight is 304 g/mol. The molecule has 110 valence electrons. The maximum absolute atomic E-state index is 12.4. The maximum atomic E-state index is 12.4. The summed E-state index contributed by atoms with van der Waals surface area (Å²) in [5.74, 6) is -0.252. The van der Waals surface area contributed by atoms with Gasteiger partial charge in [-0.3, -0.25) is 9.52 Å². The summed E-state index contributed by atoms with van der Waals surface area (Å²) in [4.78, 5) is 11.2. The van der Waals surface area contributed by atoms with Crippen LogP contribution in [0.3, 0.4) is 0 Å². The number of anilines is 2. The van der Waals surface area contributed by atoms with Gasteiger partial charge in [-0.2, -0.15) is 0 Å². The molecule has 2 aromatic carbocycles. The first-order chi connectivity index (χ1) is 9.88. The van der Waals surface area contributed by atoms with E-state index in [0.717, 1.165) is 0 Å². The molecule has 6 heteroatoms. The fourth-order valence-electron chi connectivity index (χ4n) is 1.89. The van der Waals surface area contributed by atoms with Gasteiger partial charge in [0.25, 0.3) is 10.0 Å². The third kappa shape index (κ3) is 3.82. The quantitative estimate of drug-likeness (QED) is 0.912. The van der Waals surface area contributed by atoms with Crippen molar-refractivity contribution in [3.05, 3.63) is 54.1 Å². The van der Waals surface area contributed by atoms with E-state index in [9.17, 15) is 13.2 Å². The number of sulfonamides is 1. The predicted octanol–water partition coefficient (Wildman–Crippen LogP) is 2.75.